The number of nitrogens with zero attached hydrogens (tertiary/aromatic N) is 2. The Morgan fingerprint density at radius 1 is 1.50 bits per heavy atom. The van der Waals surface area contributed by atoms with Crippen molar-refractivity contribution in [2.45, 2.75) is 13.5 Å². The summed E-state index contributed by atoms with van der Waals surface area (Å²) in [6.45, 7) is 2.35. The van der Waals surface area contributed by atoms with Crippen LogP contribution in [0.25, 0.3) is 0 Å². The predicted octanol–water partition coefficient (Wildman–Crippen LogP) is 3.74. The van der Waals surface area contributed by atoms with Crippen LogP contribution in [0.3, 0.4) is 0 Å². The summed E-state index contributed by atoms with van der Waals surface area (Å²) in [5.41, 5.74) is 0.694. The van der Waals surface area contributed by atoms with Crippen LogP contribution in [-0.2, 0) is 6.54 Å². The molecule has 3 nitrogen and oxygen atoms in total. The van der Waals surface area contributed by atoms with Crippen LogP contribution in [0.2, 0.25) is 0 Å². The third-order valence-corrected chi connectivity index (χ3v) is 4.24. The monoisotopic (exact) mass is 324 g/mol. The Hall–Kier alpha value is -1.20. The Balaban J connectivity index is 2.15. The van der Waals surface area contributed by atoms with Gasteiger partial charge in [-0.1, -0.05) is 0 Å². The number of thiophene rings is 1. The summed E-state index contributed by atoms with van der Waals surface area (Å²) in [7, 11) is 1.97. The van der Waals surface area contributed by atoms with E-state index in [9.17, 15) is 4.79 Å². The Labute approximate surface area is 119 Å². The van der Waals surface area contributed by atoms with Crippen molar-refractivity contribution in [1.29, 1.82) is 0 Å². The Bertz CT molecular complexity index is 568. The minimum Gasteiger partial charge on any atom is -0.355 e. The maximum Gasteiger partial charge on any atom is 0.159 e. The molecule has 0 bridgehead atoms. The fraction of sp³-hybridized carbons (Fsp3) is 0.231. The number of aromatic nitrogens is 1. The minimum atomic E-state index is 0.0610. The van der Waals surface area contributed by atoms with E-state index in [0.717, 1.165) is 16.8 Å². The summed E-state index contributed by atoms with van der Waals surface area (Å²) >= 11 is 5.14. The lowest BCUT2D eigenvalue weighted by molar-refractivity contribution is 0.101. The van der Waals surface area contributed by atoms with E-state index in [4.69, 9.17) is 0 Å². The van der Waals surface area contributed by atoms with Crippen LogP contribution < -0.4 is 4.90 Å². The highest BCUT2D eigenvalue weighted by atomic mass is 79.9. The first-order chi connectivity index (χ1) is 8.56. The van der Waals surface area contributed by atoms with Crippen LogP contribution in [0.15, 0.2) is 34.2 Å². The molecular formula is C13H13BrN2OS. The molecule has 2 rings (SSSR count). The molecule has 0 fully saturated rings. The second-order valence-corrected chi connectivity index (χ2v) is 5.96. The number of carbonyl (C=O) groups is 1. The maximum absolute atomic E-state index is 11.3. The van der Waals surface area contributed by atoms with Gasteiger partial charge in [0.05, 0.1) is 6.54 Å². The van der Waals surface area contributed by atoms with Gasteiger partial charge in [0.2, 0.25) is 0 Å². The van der Waals surface area contributed by atoms with E-state index in [1.165, 1.54) is 4.88 Å². The average Bonchev–Trinajstić information content (AvgIpc) is 2.75. The van der Waals surface area contributed by atoms with E-state index in [1.807, 2.05) is 18.0 Å². The molecule has 0 unspecified atom stereocenters. The lowest BCUT2D eigenvalue weighted by atomic mass is 10.2. The largest absolute Gasteiger partial charge is 0.355 e. The molecule has 0 amide bonds. The van der Waals surface area contributed by atoms with E-state index >= 15 is 0 Å². The van der Waals surface area contributed by atoms with Gasteiger partial charge in [-0.15, -0.1) is 11.3 Å². The molecule has 0 aliphatic rings. The van der Waals surface area contributed by atoms with Gasteiger partial charge in [-0.3, -0.25) is 4.79 Å². The smallest absolute Gasteiger partial charge is 0.159 e. The van der Waals surface area contributed by atoms with Gasteiger partial charge in [0, 0.05) is 33.5 Å². The predicted molar refractivity (Wildman–Crippen MR) is 78.4 cm³/mol. The minimum absolute atomic E-state index is 0.0610. The standard InChI is InChI=1S/C13H13BrN2OS/c1-9(17)10-3-4-15-13(5-10)16(2)7-12-6-11(14)8-18-12/h3-6,8H,7H2,1-2H3. The molecule has 5 heteroatoms. The van der Waals surface area contributed by atoms with Gasteiger partial charge in [0.1, 0.15) is 5.82 Å². The Kier molecular flexibility index (Phi) is 4.14. The number of Topliss-reactive ketones (excluding diaryl/α,β-unsaturated/α-hetero) is 1. The molecular weight excluding hydrogens is 312 g/mol. The summed E-state index contributed by atoms with van der Waals surface area (Å²) in [6.07, 6.45) is 1.67. The second-order valence-electron chi connectivity index (χ2n) is 4.05. The summed E-state index contributed by atoms with van der Waals surface area (Å²) in [5.74, 6) is 0.873. The first-order valence-electron chi connectivity index (χ1n) is 5.47. The number of pyridine rings is 1. The van der Waals surface area contributed by atoms with E-state index in [1.54, 1.807) is 30.5 Å². The molecule has 0 N–H and O–H groups in total. The third-order valence-electron chi connectivity index (χ3n) is 2.56. The van der Waals surface area contributed by atoms with Crippen molar-refractivity contribution in [2.75, 3.05) is 11.9 Å². The van der Waals surface area contributed by atoms with E-state index in [-0.39, 0.29) is 5.78 Å². The summed E-state index contributed by atoms with van der Waals surface area (Å²) in [5, 5.41) is 2.06. The highest BCUT2D eigenvalue weighted by Gasteiger charge is 2.07. The van der Waals surface area contributed by atoms with Crippen molar-refractivity contribution in [1.82, 2.24) is 4.98 Å². The number of rotatable bonds is 4. The van der Waals surface area contributed by atoms with Gasteiger partial charge < -0.3 is 4.90 Å². The third kappa shape index (κ3) is 3.17. The molecule has 0 atom stereocenters. The molecule has 0 aromatic carbocycles. The lowest BCUT2D eigenvalue weighted by Gasteiger charge is -2.17. The van der Waals surface area contributed by atoms with E-state index in [0.29, 0.717) is 5.56 Å². The number of carbonyl (C=O) groups excluding carboxylic acids is 1. The zero-order chi connectivity index (χ0) is 13.1. The summed E-state index contributed by atoms with van der Waals surface area (Å²) < 4.78 is 1.10. The van der Waals surface area contributed by atoms with E-state index in [2.05, 4.69) is 32.4 Å². The molecule has 18 heavy (non-hydrogen) atoms. The Morgan fingerprint density at radius 3 is 2.89 bits per heavy atom. The first-order valence-corrected chi connectivity index (χ1v) is 7.14. The van der Waals surface area contributed by atoms with Crippen LogP contribution >= 0.6 is 27.3 Å². The quantitative estimate of drug-likeness (QED) is 0.803. The molecule has 0 saturated carbocycles. The SMILES string of the molecule is CC(=O)c1ccnc(N(C)Cc2cc(Br)cs2)c1. The average molecular weight is 325 g/mol. The Morgan fingerprint density at radius 2 is 2.28 bits per heavy atom. The molecule has 94 valence electrons. The summed E-state index contributed by atoms with van der Waals surface area (Å²) in [4.78, 5) is 18.9. The van der Waals surface area contributed by atoms with Crippen LogP contribution in [0, 0.1) is 0 Å². The molecule has 0 aliphatic carbocycles. The lowest BCUT2D eigenvalue weighted by Crippen LogP contribution is -2.17. The molecule has 2 heterocycles. The summed E-state index contributed by atoms with van der Waals surface area (Å²) in [6, 6.07) is 5.66. The van der Waals surface area contributed by atoms with Crippen molar-refractivity contribution < 1.29 is 4.79 Å². The normalized spacial score (nSPS) is 10.4. The molecule has 0 saturated heterocycles. The van der Waals surface area contributed by atoms with Crippen molar-refractivity contribution in [2.24, 2.45) is 0 Å². The van der Waals surface area contributed by atoms with Gasteiger partial charge in [-0.05, 0) is 41.1 Å². The van der Waals surface area contributed by atoms with Crippen molar-refractivity contribution in [3.63, 3.8) is 0 Å². The van der Waals surface area contributed by atoms with Gasteiger partial charge in [-0.2, -0.15) is 0 Å². The fourth-order valence-corrected chi connectivity index (χ4v) is 3.10. The molecule has 2 aromatic heterocycles. The van der Waals surface area contributed by atoms with Gasteiger partial charge >= 0.3 is 0 Å². The molecule has 0 aliphatic heterocycles. The van der Waals surface area contributed by atoms with Crippen LogP contribution in [0.1, 0.15) is 22.2 Å². The number of hydrogen-bond donors (Lipinski definition) is 0. The van der Waals surface area contributed by atoms with Gasteiger partial charge in [0.25, 0.3) is 0 Å². The molecule has 0 radical (unpaired) electrons. The van der Waals surface area contributed by atoms with Crippen molar-refractivity contribution >= 4 is 38.9 Å². The topological polar surface area (TPSA) is 33.2 Å². The molecule has 0 spiro atoms. The number of ketones is 1. The second kappa shape index (κ2) is 5.63. The van der Waals surface area contributed by atoms with Crippen LogP contribution in [0.5, 0.6) is 0 Å². The first kappa shape index (κ1) is 13.2. The highest BCUT2D eigenvalue weighted by Crippen LogP contribution is 2.22. The number of hydrogen-bond acceptors (Lipinski definition) is 4. The number of halogens is 1. The van der Waals surface area contributed by atoms with Gasteiger partial charge in [0.15, 0.2) is 5.78 Å². The van der Waals surface area contributed by atoms with Crippen molar-refractivity contribution in [3.05, 3.63) is 44.7 Å². The maximum atomic E-state index is 11.3. The fourth-order valence-electron chi connectivity index (χ4n) is 1.60. The molecule has 2 aromatic rings. The zero-order valence-electron chi connectivity index (χ0n) is 10.2. The number of anilines is 1. The van der Waals surface area contributed by atoms with E-state index < -0.39 is 0 Å². The zero-order valence-corrected chi connectivity index (χ0v) is 12.6. The van der Waals surface area contributed by atoms with Crippen molar-refractivity contribution in [3.8, 4) is 0 Å². The van der Waals surface area contributed by atoms with Crippen LogP contribution in [-0.4, -0.2) is 17.8 Å². The highest BCUT2D eigenvalue weighted by molar-refractivity contribution is 9.10. The van der Waals surface area contributed by atoms with Crippen LogP contribution in [0.4, 0.5) is 5.82 Å². The van der Waals surface area contributed by atoms with Gasteiger partial charge in [-0.25, -0.2) is 4.98 Å².